The van der Waals surface area contributed by atoms with Crippen molar-refractivity contribution in [2.24, 2.45) is 0 Å². The van der Waals surface area contributed by atoms with E-state index in [1.54, 1.807) is 7.11 Å². The highest BCUT2D eigenvalue weighted by Crippen LogP contribution is 2.39. The summed E-state index contributed by atoms with van der Waals surface area (Å²) < 4.78 is 11.0. The van der Waals surface area contributed by atoms with Gasteiger partial charge in [0.15, 0.2) is 18.1 Å². The summed E-state index contributed by atoms with van der Waals surface area (Å²) >= 11 is 1.94. The smallest absolute Gasteiger partial charge is 0.261 e. The van der Waals surface area contributed by atoms with Gasteiger partial charge in [0.05, 0.1) is 7.11 Å². The number of benzene rings is 1. The summed E-state index contributed by atoms with van der Waals surface area (Å²) in [7, 11) is 1.61. The van der Waals surface area contributed by atoms with E-state index in [1.165, 1.54) is 0 Å². The molecular formula is C17H23NO3S. The molecule has 22 heavy (non-hydrogen) atoms. The largest absolute Gasteiger partial charge is 0.493 e. The Labute approximate surface area is 136 Å². The molecule has 0 spiro atoms. The fraction of sp³-hybridized carbons (Fsp3) is 0.588. The molecule has 2 aliphatic heterocycles. The van der Waals surface area contributed by atoms with Crippen LogP contribution in [0.3, 0.4) is 0 Å². The molecule has 3 rings (SSSR count). The Kier molecular flexibility index (Phi) is 4.81. The van der Waals surface area contributed by atoms with Crippen LogP contribution in [0.15, 0.2) is 24.3 Å². The summed E-state index contributed by atoms with van der Waals surface area (Å²) in [6.45, 7) is 0.0946. The van der Waals surface area contributed by atoms with Gasteiger partial charge in [-0.25, -0.2) is 0 Å². The van der Waals surface area contributed by atoms with E-state index in [1.807, 2.05) is 36.0 Å². The highest BCUT2D eigenvalue weighted by Gasteiger charge is 2.42. The number of hydrogen-bond acceptors (Lipinski definition) is 4. The number of rotatable bonds is 5. The Morgan fingerprint density at radius 2 is 1.86 bits per heavy atom. The van der Waals surface area contributed by atoms with Gasteiger partial charge in [-0.2, -0.15) is 11.8 Å². The first-order valence-electron chi connectivity index (χ1n) is 7.82. The van der Waals surface area contributed by atoms with Crippen LogP contribution in [-0.4, -0.2) is 48.1 Å². The van der Waals surface area contributed by atoms with E-state index >= 15 is 0 Å². The third kappa shape index (κ3) is 3.05. The molecular weight excluding hydrogens is 298 g/mol. The third-order valence-electron chi connectivity index (χ3n) is 4.73. The van der Waals surface area contributed by atoms with Gasteiger partial charge in [0, 0.05) is 17.3 Å². The van der Waals surface area contributed by atoms with Gasteiger partial charge in [-0.3, -0.25) is 4.79 Å². The molecule has 1 amide bonds. The molecule has 0 saturated carbocycles. The topological polar surface area (TPSA) is 38.8 Å². The van der Waals surface area contributed by atoms with E-state index in [0.29, 0.717) is 28.8 Å². The van der Waals surface area contributed by atoms with Gasteiger partial charge in [0.2, 0.25) is 0 Å². The zero-order valence-corrected chi connectivity index (χ0v) is 14.0. The van der Waals surface area contributed by atoms with Crippen LogP contribution in [0.1, 0.15) is 25.7 Å². The lowest BCUT2D eigenvalue weighted by Crippen LogP contribution is -2.49. The molecule has 2 saturated heterocycles. The number of para-hydroxylation sites is 2. The third-order valence-corrected chi connectivity index (χ3v) is 5.78. The average molecular weight is 321 g/mol. The zero-order chi connectivity index (χ0) is 15.5. The Balaban J connectivity index is 1.61. The van der Waals surface area contributed by atoms with E-state index in [-0.39, 0.29) is 12.5 Å². The fourth-order valence-electron chi connectivity index (χ4n) is 3.68. The molecule has 5 heteroatoms. The lowest BCUT2D eigenvalue weighted by atomic mass is 10.0. The number of amides is 1. The fourth-order valence-corrected chi connectivity index (χ4v) is 4.51. The highest BCUT2D eigenvalue weighted by molar-refractivity contribution is 7.99. The molecule has 2 fully saturated rings. The van der Waals surface area contributed by atoms with E-state index in [4.69, 9.17) is 9.47 Å². The second-order valence-electron chi connectivity index (χ2n) is 5.95. The first kappa shape index (κ1) is 15.5. The number of carbonyl (C=O) groups excluding carboxylic acids is 1. The lowest BCUT2D eigenvalue weighted by Gasteiger charge is -2.38. The summed E-state index contributed by atoms with van der Waals surface area (Å²) in [6, 6.07) is 8.26. The van der Waals surface area contributed by atoms with Crippen LogP contribution in [0.25, 0.3) is 0 Å². The highest BCUT2D eigenvalue weighted by atomic mass is 32.2. The van der Waals surface area contributed by atoms with Crippen LogP contribution in [0.5, 0.6) is 11.5 Å². The molecule has 1 aromatic rings. The molecule has 0 aliphatic carbocycles. The predicted molar refractivity (Wildman–Crippen MR) is 88.7 cm³/mol. The van der Waals surface area contributed by atoms with Crippen molar-refractivity contribution in [2.75, 3.05) is 20.0 Å². The molecule has 2 unspecified atom stereocenters. The number of nitrogens with zero attached hydrogens (tertiary/aromatic N) is 1. The maximum absolute atomic E-state index is 12.6. The first-order chi connectivity index (χ1) is 10.7. The van der Waals surface area contributed by atoms with Gasteiger partial charge in [0.25, 0.3) is 5.91 Å². The number of carbonyl (C=O) groups is 1. The number of piperidine rings is 1. The van der Waals surface area contributed by atoms with Crippen molar-refractivity contribution in [1.82, 2.24) is 4.90 Å². The van der Waals surface area contributed by atoms with Gasteiger partial charge in [-0.15, -0.1) is 0 Å². The SMILES string of the molecule is COc1ccccc1OCC(=O)N1C2CCC1CC(SC)C2. The van der Waals surface area contributed by atoms with Crippen molar-refractivity contribution in [1.29, 1.82) is 0 Å². The molecule has 120 valence electrons. The Morgan fingerprint density at radius 3 is 2.45 bits per heavy atom. The number of hydrogen-bond donors (Lipinski definition) is 0. The van der Waals surface area contributed by atoms with Gasteiger partial charge in [-0.05, 0) is 44.1 Å². The normalized spacial score (nSPS) is 26.8. The van der Waals surface area contributed by atoms with Gasteiger partial charge in [0.1, 0.15) is 0 Å². The number of thioether (sulfide) groups is 1. The van der Waals surface area contributed by atoms with E-state index in [9.17, 15) is 4.79 Å². The monoisotopic (exact) mass is 321 g/mol. The van der Waals surface area contributed by atoms with E-state index in [0.717, 1.165) is 25.7 Å². The maximum atomic E-state index is 12.6. The average Bonchev–Trinajstić information content (AvgIpc) is 2.83. The minimum absolute atomic E-state index is 0.0946. The molecule has 4 nitrogen and oxygen atoms in total. The van der Waals surface area contributed by atoms with Crippen LogP contribution in [0.2, 0.25) is 0 Å². The van der Waals surface area contributed by atoms with Crippen molar-refractivity contribution in [3.8, 4) is 11.5 Å². The quantitative estimate of drug-likeness (QED) is 0.836. The Hall–Kier alpha value is -1.36. The number of fused-ring (bicyclic) bond motifs is 2. The van der Waals surface area contributed by atoms with Gasteiger partial charge < -0.3 is 14.4 Å². The second-order valence-corrected chi connectivity index (χ2v) is 7.09. The Morgan fingerprint density at radius 1 is 1.23 bits per heavy atom. The molecule has 2 heterocycles. The summed E-state index contributed by atoms with van der Waals surface area (Å²) in [5, 5.41) is 0.705. The van der Waals surface area contributed by atoms with Crippen LogP contribution in [0, 0.1) is 0 Å². The standard InChI is InChI=1S/C17H23NO3S/c1-20-15-5-3-4-6-16(15)21-11-17(19)18-12-7-8-13(18)10-14(9-12)22-2/h3-6,12-14H,7-11H2,1-2H3. The summed E-state index contributed by atoms with van der Waals surface area (Å²) in [4.78, 5) is 14.7. The minimum atomic E-state index is 0.0946. The summed E-state index contributed by atoms with van der Waals surface area (Å²) in [6.07, 6.45) is 6.70. The second kappa shape index (κ2) is 6.82. The predicted octanol–water partition coefficient (Wildman–Crippen LogP) is 2.96. The van der Waals surface area contributed by atoms with Gasteiger partial charge in [-0.1, -0.05) is 12.1 Å². The lowest BCUT2D eigenvalue weighted by molar-refractivity contribution is -0.137. The van der Waals surface area contributed by atoms with Crippen LogP contribution >= 0.6 is 11.8 Å². The first-order valence-corrected chi connectivity index (χ1v) is 9.11. The van der Waals surface area contributed by atoms with E-state index < -0.39 is 0 Å². The van der Waals surface area contributed by atoms with Gasteiger partial charge >= 0.3 is 0 Å². The van der Waals surface area contributed by atoms with E-state index in [2.05, 4.69) is 11.2 Å². The molecule has 2 bridgehead atoms. The van der Waals surface area contributed by atoms with Crippen molar-refractivity contribution in [3.05, 3.63) is 24.3 Å². The summed E-state index contributed by atoms with van der Waals surface area (Å²) in [5.41, 5.74) is 0. The van der Waals surface area contributed by atoms with Crippen molar-refractivity contribution < 1.29 is 14.3 Å². The molecule has 0 aromatic heterocycles. The molecule has 2 atom stereocenters. The van der Waals surface area contributed by atoms with Crippen molar-refractivity contribution in [3.63, 3.8) is 0 Å². The number of methoxy groups -OCH3 is 1. The van der Waals surface area contributed by atoms with Crippen molar-refractivity contribution in [2.45, 2.75) is 43.0 Å². The zero-order valence-electron chi connectivity index (χ0n) is 13.2. The molecule has 1 aromatic carbocycles. The van der Waals surface area contributed by atoms with Crippen molar-refractivity contribution >= 4 is 17.7 Å². The maximum Gasteiger partial charge on any atom is 0.261 e. The van der Waals surface area contributed by atoms with Crippen LogP contribution in [-0.2, 0) is 4.79 Å². The molecule has 0 radical (unpaired) electrons. The summed E-state index contributed by atoms with van der Waals surface area (Å²) in [5.74, 6) is 1.40. The van der Waals surface area contributed by atoms with Crippen LogP contribution < -0.4 is 9.47 Å². The Bertz CT molecular complexity index is 522. The molecule has 2 aliphatic rings. The minimum Gasteiger partial charge on any atom is -0.493 e. The molecule has 0 N–H and O–H groups in total. The number of ether oxygens (including phenoxy) is 2. The van der Waals surface area contributed by atoms with Crippen LogP contribution in [0.4, 0.5) is 0 Å².